The van der Waals surface area contributed by atoms with Crippen molar-refractivity contribution in [1.82, 2.24) is 9.88 Å². The summed E-state index contributed by atoms with van der Waals surface area (Å²) in [4.78, 5) is 20.1. The molecule has 1 aliphatic heterocycles. The van der Waals surface area contributed by atoms with Gasteiger partial charge in [0.15, 0.2) is 5.17 Å². The van der Waals surface area contributed by atoms with Gasteiger partial charge in [0.05, 0.1) is 23.9 Å². The van der Waals surface area contributed by atoms with Crippen molar-refractivity contribution in [2.75, 3.05) is 0 Å². The van der Waals surface area contributed by atoms with E-state index in [0.29, 0.717) is 22.4 Å². The molecule has 3 aromatic heterocycles. The number of nitrogens with zero attached hydrogens (tertiary/aromatic N) is 4. The number of carbonyl (C=O) groups excluding carboxylic acids is 1. The maximum absolute atomic E-state index is 12.9. The van der Waals surface area contributed by atoms with Crippen LogP contribution in [0.25, 0.3) is 6.08 Å². The normalized spacial score (nSPS) is 17.6. The zero-order chi connectivity index (χ0) is 18.5. The van der Waals surface area contributed by atoms with Crippen molar-refractivity contribution in [3.05, 3.63) is 81.5 Å². The topological polar surface area (TPSA) is 71.1 Å². The van der Waals surface area contributed by atoms with Gasteiger partial charge < -0.3 is 4.42 Å². The van der Waals surface area contributed by atoms with Gasteiger partial charge in [0.1, 0.15) is 5.76 Å². The third-order valence-electron chi connectivity index (χ3n) is 3.64. The number of amides is 1. The highest BCUT2D eigenvalue weighted by atomic mass is 32.2. The molecule has 0 atom stereocenters. The molecular formula is C19H14N4O2S2. The van der Waals surface area contributed by atoms with Crippen molar-refractivity contribution >= 4 is 46.5 Å². The van der Waals surface area contributed by atoms with Gasteiger partial charge in [0.2, 0.25) is 0 Å². The number of hydrogen-bond donors (Lipinski definition) is 0. The molecule has 0 radical (unpaired) electrons. The molecule has 0 saturated carbocycles. The fourth-order valence-corrected chi connectivity index (χ4v) is 3.91. The van der Waals surface area contributed by atoms with Gasteiger partial charge in [-0.3, -0.25) is 14.7 Å². The van der Waals surface area contributed by atoms with Crippen LogP contribution in [0.3, 0.4) is 0 Å². The highest BCUT2D eigenvalue weighted by Gasteiger charge is 2.34. The molecule has 0 spiro atoms. The molecule has 6 nitrogen and oxygen atoms in total. The third kappa shape index (κ3) is 4.24. The van der Waals surface area contributed by atoms with Crippen LogP contribution in [0.15, 0.2) is 80.0 Å². The monoisotopic (exact) mass is 394 g/mol. The van der Waals surface area contributed by atoms with Crippen LogP contribution >= 0.6 is 23.1 Å². The maximum atomic E-state index is 12.9. The van der Waals surface area contributed by atoms with Crippen molar-refractivity contribution in [2.24, 2.45) is 10.2 Å². The molecule has 4 rings (SSSR count). The molecule has 1 amide bonds. The lowest BCUT2D eigenvalue weighted by Gasteiger charge is -2.12. The predicted octanol–water partition coefficient (Wildman–Crippen LogP) is 4.24. The van der Waals surface area contributed by atoms with Crippen molar-refractivity contribution in [2.45, 2.75) is 6.54 Å². The second-order valence-corrected chi connectivity index (χ2v) is 7.50. The van der Waals surface area contributed by atoms with Crippen LogP contribution in [0.1, 0.15) is 16.2 Å². The van der Waals surface area contributed by atoms with E-state index in [1.807, 2.05) is 35.7 Å². The first kappa shape index (κ1) is 17.4. The van der Waals surface area contributed by atoms with Crippen LogP contribution in [0.2, 0.25) is 0 Å². The van der Waals surface area contributed by atoms with Crippen molar-refractivity contribution in [1.29, 1.82) is 0 Å². The van der Waals surface area contributed by atoms with E-state index < -0.39 is 0 Å². The zero-order valence-corrected chi connectivity index (χ0v) is 15.7. The fourth-order valence-electron chi connectivity index (χ4n) is 2.39. The lowest BCUT2D eigenvalue weighted by molar-refractivity contribution is -0.122. The van der Waals surface area contributed by atoms with Crippen LogP contribution in [0.4, 0.5) is 0 Å². The lowest BCUT2D eigenvalue weighted by Crippen LogP contribution is -2.28. The number of pyridine rings is 1. The molecular weight excluding hydrogens is 380 g/mol. The Kier molecular flexibility index (Phi) is 5.27. The molecule has 0 aromatic carbocycles. The standard InChI is InChI=1S/C19H14N4O2S2/c24-18-17(10-14-4-1-7-20-11-14)27-19(22-21-12-16-6-3-9-26-16)23(18)13-15-5-2-8-25-15/h1-12H,13H2/b17-10-,21-12+,22-19+. The van der Waals surface area contributed by atoms with E-state index in [-0.39, 0.29) is 5.91 Å². The van der Waals surface area contributed by atoms with Crippen molar-refractivity contribution in [3.8, 4) is 0 Å². The third-order valence-corrected chi connectivity index (χ3v) is 5.44. The highest BCUT2D eigenvalue weighted by Crippen LogP contribution is 2.33. The first-order valence-electron chi connectivity index (χ1n) is 8.08. The van der Waals surface area contributed by atoms with E-state index in [2.05, 4.69) is 15.2 Å². The van der Waals surface area contributed by atoms with E-state index in [0.717, 1.165) is 10.4 Å². The first-order valence-corrected chi connectivity index (χ1v) is 9.77. The van der Waals surface area contributed by atoms with Gasteiger partial charge in [-0.25, -0.2) is 0 Å². The number of thiophene rings is 1. The molecule has 1 aliphatic rings. The maximum Gasteiger partial charge on any atom is 0.267 e. The van der Waals surface area contributed by atoms with Gasteiger partial charge in [-0.1, -0.05) is 12.1 Å². The Labute approximate surface area is 163 Å². The molecule has 1 fully saturated rings. The Balaban J connectivity index is 1.62. The number of hydrogen-bond acceptors (Lipinski definition) is 7. The highest BCUT2D eigenvalue weighted by molar-refractivity contribution is 8.18. The van der Waals surface area contributed by atoms with Gasteiger partial charge >= 0.3 is 0 Å². The van der Waals surface area contributed by atoms with Crippen LogP contribution < -0.4 is 0 Å². The number of carbonyl (C=O) groups is 1. The summed E-state index contributed by atoms with van der Waals surface area (Å²) in [5, 5.41) is 10.9. The Morgan fingerprint density at radius 2 is 2.19 bits per heavy atom. The summed E-state index contributed by atoms with van der Waals surface area (Å²) in [7, 11) is 0. The Morgan fingerprint density at radius 3 is 2.93 bits per heavy atom. The van der Waals surface area contributed by atoms with Gasteiger partial charge in [0, 0.05) is 17.3 Å². The number of aromatic nitrogens is 1. The molecule has 27 heavy (non-hydrogen) atoms. The summed E-state index contributed by atoms with van der Waals surface area (Å²) in [6, 6.07) is 11.3. The number of amidine groups is 1. The second kappa shape index (κ2) is 8.15. The SMILES string of the molecule is O=C1/C(=C/c2cccnc2)S/C(=N/N=C/c2cccs2)N1Cc1ccco1. The van der Waals surface area contributed by atoms with E-state index in [1.54, 1.807) is 53.3 Å². The zero-order valence-electron chi connectivity index (χ0n) is 14.1. The summed E-state index contributed by atoms with van der Waals surface area (Å²) in [6.07, 6.45) is 8.47. The van der Waals surface area contributed by atoms with E-state index >= 15 is 0 Å². The van der Waals surface area contributed by atoms with Crippen LogP contribution in [-0.4, -0.2) is 27.2 Å². The average Bonchev–Trinajstić information content (AvgIpc) is 3.43. The minimum absolute atomic E-state index is 0.134. The molecule has 0 aliphatic carbocycles. The molecule has 0 unspecified atom stereocenters. The van der Waals surface area contributed by atoms with Gasteiger partial charge in [-0.05, 0) is 53.0 Å². The van der Waals surface area contributed by atoms with Crippen LogP contribution in [0.5, 0.6) is 0 Å². The largest absolute Gasteiger partial charge is 0.467 e. The summed E-state index contributed by atoms with van der Waals surface area (Å²) in [6.45, 7) is 0.302. The first-order chi connectivity index (χ1) is 13.3. The van der Waals surface area contributed by atoms with Crippen molar-refractivity contribution < 1.29 is 9.21 Å². The predicted molar refractivity (Wildman–Crippen MR) is 108 cm³/mol. The number of rotatable bonds is 5. The second-order valence-electron chi connectivity index (χ2n) is 5.51. The van der Waals surface area contributed by atoms with Gasteiger partial charge in [-0.2, -0.15) is 5.10 Å². The van der Waals surface area contributed by atoms with Crippen molar-refractivity contribution in [3.63, 3.8) is 0 Å². The minimum atomic E-state index is -0.134. The summed E-state index contributed by atoms with van der Waals surface area (Å²) in [5.41, 5.74) is 0.856. The minimum Gasteiger partial charge on any atom is -0.467 e. The molecule has 0 N–H and O–H groups in total. The van der Waals surface area contributed by atoms with Gasteiger partial charge in [-0.15, -0.1) is 16.4 Å². The summed E-state index contributed by atoms with van der Waals surface area (Å²) >= 11 is 2.86. The lowest BCUT2D eigenvalue weighted by atomic mass is 10.2. The Bertz CT molecular complexity index is 994. The molecule has 4 heterocycles. The molecule has 8 heteroatoms. The molecule has 1 saturated heterocycles. The van der Waals surface area contributed by atoms with E-state index in [9.17, 15) is 4.79 Å². The fraction of sp³-hybridized carbons (Fsp3) is 0.0526. The molecule has 134 valence electrons. The quantitative estimate of drug-likeness (QED) is 0.369. The van der Waals surface area contributed by atoms with E-state index in [4.69, 9.17) is 4.42 Å². The number of thioether (sulfide) groups is 1. The summed E-state index contributed by atoms with van der Waals surface area (Å²) < 4.78 is 5.38. The summed E-state index contributed by atoms with van der Waals surface area (Å²) in [5.74, 6) is 0.548. The molecule has 0 bridgehead atoms. The van der Waals surface area contributed by atoms with Crippen LogP contribution in [0, 0.1) is 0 Å². The molecule has 3 aromatic rings. The average molecular weight is 394 g/mol. The smallest absolute Gasteiger partial charge is 0.267 e. The van der Waals surface area contributed by atoms with Crippen LogP contribution in [-0.2, 0) is 11.3 Å². The van der Waals surface area contributed by atoms with Gasteiger partial charge in [0.25, 0.3) is 5.91 Å². The number of furan rings is 1. The Hall–Kier alpha value is -2.97. The Morgan fingerprint density at radius 1 is 1.22 bits per heavy atom. The van der Waals surface area contributed by atoms with E-state index in [1.165, 1.54) is 11.8 Å².